The lowest BCUT2D eigenvalue weighted by Gasteiger charge is -1.92. The van der Waals surface area contributed by atoms with Gasteiger partial charge in [0.05, 0.1) is 0 Å². The number of hydrogen-bond acceptors (Lipinski definition) is 4. The van der Waals surface area contributed by atoms with E-state index in [1.54, 1.807) is 0 Å². The van der Waals surface area contributed by atoms with Crippen LogP contribution in [0.4, 0.5) is 0 Å². The number of carbonyl (C=O) groups is 1. The number of nitrogens with zero attached hydrogens (tertiary/aromatic N) is 2. The van der Waals surface area contributed by atoms with Crippen LogP contribution in [0.3, 0.4) is 0 Å². The smallest absolute Gasteiger partial charge is 0.257 e. The first kappa shape index (κ1) is 9.87. The number of aromatic nitrogens is 2. The van der Waals surface area contributed by atoms with Crippen molar-refractivity contribution < 1.29 is 13.2 Å². The van der Waals surface area contributed by atoms with Crippen LogP contribution in [0.1, 0.15) is 17.4 Å². The molecule has 1 heterocycles. The molecule has 72 valence electrons. The number of primary sulfonamides is 1. The molecule has 0 unspecified atom stereocenters. The fourth-order valence-electron chi connectivity index (χ4n) is 0.909. The Balaban J connectivity index is 3.33. The Kier molecular flexibility index (Phi) is 2.22. The summed E-state index contributed by atoms with van der Waals surface area (Å²) in [4.78, 5) is 10.9. The third kappa shape index (κ3) is 1.93. The zero-order chi connectivity index (χ0) is 10.2. The van der Waals surface area contributed by atoms with Gasteiger partial charge in [-0.25, -0.2) is 13.6 Å². The van der Waals surface area contributed by atoms with E-state index in [1.807, 2.05) is 0 Å². The Morgan fingerprint density at radius 1 is 1.62 bits per heavy atom. The van der Waals surface area contributed by atoms with Gasteiger partial charge in [0.25, 0.3) is 10.0 Å². The van der Waals surface area contributed by atoms with Gasteiger partial charge >= 0.3 is 0 Å². The Bertz CT molecular complexity index is 446. The van der Waals surface area contributed by atoms with Gasteiger partial charge in [0, 0.05) is 20.0 Å². The molecule has 0 aliphatic rings. The molecule has 2 N–H and O–H groups in total. The number of Topliss-reactive ketones (excluding diaryl/α,β-unsaturated/α-hetero) is 1. The second kappa shape index (κ2) is 2.93. The van der Waals surface area contributed by atoms with Crippen LogP contribution in [-0.4, -0.2) is 24.0 Å². The van der Waals surface area contributed by atoms with Gasteiger partial charge in [-0.1, -0.05) is 0 Å². The topological polar surface area (TPSA) is 95.1 Å². The molecule has 13 heavy (non-hydrogen) atoms. The number of rotatable bonds is 2. The van der Waals surface area contributed by atoms with Crippen molar-refractivity contribution in [1.29, 1.82) is 0 Å². The number of nitrogens with two attached hydrogens (primary N) is 1. The monoisotopic (exact) mass is 203 g/mol. The summed E-state index contributed by atoms with van der Waals surface area (Å²) in [6.07, 6.45) is 0. The first-order valence-electron chi connectivity index (χ1n) is 3.40. The van der Waals surface area contributed by atoms with Crippen molar-refractivity contribution in [3.63, 3.8) is 0 Å². The normalized spacial score (nSPS) is 11.6. The van der Waals surface area contributed by atoms with Gasteiger partial charge in [-0.3, -0.25) is 9.48 Å². The summed E-state index contributed by atoms with van der Waals surface area (Å²) in [5.41, 5.74) is 0.212. The standard InChI is InChI=1S/C6H9N3O3S/c1-4(10)5-3-6(8-9(5)2)13(7,11)12/h3H,1-2H3,(H2,7,11,12). The van der Waals surface area contributed by atoms with Crippen LogP contribution < -0.4 is 5.14 Å². The predicted octanol–water partition coefficient (Wildman–Crippen LogP) is -0.730. The van der Waals surface area contributed by atoms with E-state index in [2.05, 4.69) is 5.10 Å². The summed E-state index contributed by atoms with van der Waals surface area (Å²) in [5.74, 6) is -0.259. The highest BCUT2D eigenvalue weighted by Crippen LogP contribution is 2.07. The van der Waals surface area contributed by atoms with Crippen molar-refractivity contribution in [3.8, 4) is 0 Å². The van der Waals surface area contributed by atoms with Crippen molar-refractivity contribution in [2.45, 2.75) is 11.9 Å². The maximum atomic E-state index is 10.9. The number of hydrogen-bond donors (Lipinski definition) is 1. The third-order valence-electron chi connectivity index (χ3n) is 1.51. The van der Waals surface area contributed by atoms with Crippen LogP contribution in [-0.2, 0) is 17.1 Å². The van der Waals surface area contributed by atoms with Crippen molar-refractivity contribution in [2.75, 3.05) is 0 Å². The number of ketones is 1. The van der Waals surface area contributed by atoms with E-state index in [0.717, 1.165) is 6.07 Å². The van der Waals surface area contributed by atoms with Crippen molar-refractivity contribution in [1.82, 2.24) is 9.78 Å². The third-order valence-corrected chi connectivity index (χ3v) is 2.29. The maximum absolute atomic E-state index is 10.9. The van der Waals surface area contributed by atoms with E-state index in [9.17, 15) is 13.2 Å². The summed E-state index contributed by atoms with van der Waals surface area (Å²) in [6.45, 7) is 1.32. The zero-order valence-corrected chi connectivity index (χ0v) is 8.00. The molecule has 0 aliphatic carbocycles. The lowest BCUT2D eigenvalue weighted by atomic mass is 10.3. The van der Waals surface area contributed by atoms with Gasteiger partial charge in [0.15, 0.2) is 10.8 Å². The Morgan fingerprint density at radius 3 is 2.38 bits per heavy atom. The molecule has 0 aromatic carbocycles. The Hall–Kier alpha value is -1.21. The highest BCUT2D eigenvalue weighted by Gasteiger charge is 2.16. The maximum Gasteiger partial charge on any atom is 0.257 e. The van der Waals surface area contributed by atoms with Crippen LogP contribution in [0.5, 0.6) is 0 Å². The highest BCUT2D eigenvalue weighted by atomic mass is 32.2. The molecule has 1 rings (SSSR count). The average molecular weight is 203 g/mol. The van der Waals surface area contributed by atoms with Crippen LogP contribution in [0.15, 0.2) is 11.1 Å². The fourth-order valence-corrected chi connectivity index (χ4v) is 1.42. The second-order valence-electron chi connectivity index (χ2n) is 2.59. The molecule has 0 fully saturated rings. The molecule has 6 nitrogen and oxygen atoms in total. The summed E-state index contributed by atoms with van der Waals surface area (Å²) >= 11 is 0. The van der Waals surface area contributed by atoms with Crippen LogP contribution in [0, 0.1) is 0 Å². The molecule has 0 amide bonds. The zero-order valence-electron chi connectivity index (χ0n) is 7.18. The lowest BCUT2D eigenvalue weighted by Crippen LogP contribution is -2.13. The van der Waals surface area contributed by atoms with Gasteiger partial charge < -0.3 is 0 Å². The molecule has 0 aliphatic heterocycles. The van der Waals surface area contributed by atoms with E-state index in [4.69, 9.17) is 5.14 Å². The van der Waals surface area contributed by atoms with E-state index in [1.165, 1.54) is 18.7 Å². The van der Waals surface area contributed by atoms with Gasteiger partial charge in [0.1, 0.15) is 5.69 Å². The van der Waals surface area contributed by atoms with Crippen molar-refractivity contribution in [3.05, 3.63) is 11.8 Å². The molecule has 1 aromatic heterocycles. The summed E-state index contributed by atoms with van der Waals surface area (Å²) in [6, 6.07) is 1.15. The molecule has 0 spiro atoms. The molecule has 0 saturated carbocycles. The molecule has 7 heteroatoms. The summed E-state index contributed by atoms with van der Waals surface area (Å²) in [7, 11) is -2.34. The number of aryl methyl sites for hydroxylation is 1. The van der Waals surface area contributed by atoms with Gasteiger partial charge in [0.2, 0.25) is 0 Å². The number of carbonyl (C=O) groups excluding carboxylic acids is 1. The molecule has 0 atom stereocenters. The fraction of sp³-hybridized carbons (Fsp3) is 0.333. The first-order chi connectivity index (χ1) is 5.82. The van der Waals surface area contributed by atoms with Crippen LogP contribution >= 0.6 is 0 Å². The molecular formula is C6H9N3O3S. The van der Waals surface area contributed by atoms with Crippen LogP contribution in [0.25, 0.3) is 0 Å². The average Bonchev–Trinajstić information content (AvgIpc) is 2.29. The van der Waals surface area contributed by atoms with E-state index in [-0.39, 0.29) is 16.5 Å². The molecular weight excluding hydrogens is 194 g/mol. The Morgan fingerprint density at radius 2 is 2.15 bits per heavy atom. The van der Waals surface area contributed by atoms with Crippen molar-refractivity contribution in [2.24, 2.45) is 12.2 Å². The quantitative estimate of drug-likeness (QED) is 0.641. The molecule has 0 radical (unpaired) electrons. The van der Waals surface area contributed by atoms with Gasteiger partial charge in [-0.05, 0) is 0 Å². The minimum Gasteiger partial charge on any atom is -0.293 e. The predicted molar refractivity (Wildman–Crippen MR) is 44.6 cm³/mol. The minimum atomic E-state index is -3.82. The SMILES string of the molecule is CC(=O)c1cc(S(N)(=O)=O)nn1C. The highest BCUT2D eigenvalue weighted by molar-refractivity contribution is 7.89. The van der Waals surface area contributed by atoms with E-state index in [0.29, 0.717) is 0 Å². The van der Waals surface area contributed by atoms with Gasteiger partial charge in [-0.2, -0.15) is 5.10 Å². The summed E-state index contributed by atoms with van der Waals surface area (Å²) in [5, 5.41) is 8.12. The first-order valence-corrected chi connectivity index (χ1v) is 4.95. The van der Waals surface area contributed by atoms with Crippen LogP contribution in [0.2, 0.25) is 0 Å². The van der Waals surface area contributed by atoms with E-state index >= 15 is 0 Å². The lowest BCUT2D eigenvalue weighted by molar-refractivity contribution is 0.100. The molecule has 0 saturated heterocycles. The molecule has 1 aromatic rings. The largest absolute Gasteiger partial charge is 0.293 e. The minimum absolute atomic E-state index is 0.212. The number of sulfonamides is 1. The van der Waals surface area contributed by atoms with E-state index < -0.39 is 10.0 Å². The summed E-state index contributed by atoms with van der Waals surface area (Å²) < 4.78 is 22.8. The van der Waals surface area contributed by atoms with Gasteiger partial charge in [-0.15, -0.1) is 0 Å². The second-order valence-corrected chi connectivity index (χ2v) is 4.10. The molecule has 0 bridgehead atoms. The van der Waals surface area contributed by atoms with Crippen molar-refractivity contribution >= 4 is 15.8 Å². The Labute approximate surface area is 75.4 Å².